The molecule has 0 fully saturated rings. The van der Waals surface area contributed by atoms with E-state index in [-0.39, 0.29) is 16.9 Å². The van der Waals surface area contributed by atoms with Crippen molar-refractivity contribution in [1.29, 1.82) is 0 Å². The van der Waals surface area contributed by atoms with Crippen molar-refractivity contribution in [3.05, 3.63) is 44.0 Å². The van der Waals surface area contributed by atoms with Crippen LogP contribution in [0.1, 0.15) is 12.5 Å². The number of nitrogens with zero attached hydrogens (tertiary/aromatic N) is 3. The van der Waals surface area contributed by atoms with Gasteiger partial charge in [0.05, 0.1) is 21.5 Å². The van der Waals surface area contributed by atoms with Gasteiger partial charge in [-0.05, 0) is 13.0 Å². The third kappa shape index (κ3) is 2.19. The van der Waals surface area contributed by atoms with Crippen LogP contribution in [0.3, 0.4) is 0 Å². The Bertz CT molecular complexity index is 482. The van der Waals surface area contributed by atoms with Crippen LogP contribution in [-0.4, -0.2) is 22.6 Å². The largest absolute Gasteiger partial charge is 0.293 e. The number of benzene rings is 1. The molecule has 7 heteroatoms. The average Bonchev–Trinajstić information content (AvgIpc) is 2.26. The molecular formula is C9H9N3O4. The summed E-state index contributed by atoms with van der Waals surface area (Å²) in [7, 11) is 1.50. The summed E-state index contributed by atoms with van der Waals surface area (Å²) in [6.07, 6.45) is 0. The van der Waals surface area contributed by atoms with Gasteiger partial charge in [-0.1, -0.05) is 0 Å². The number of hydrogen-bond acceptors (Lipinski definition) is 5. The summed E-state index contributed by atoms with van der Waals surface area (Å²) in [4.78, 5) is 23.7. The summed E-state index contributed by atoms with van der Waals surface area (Å²) in [5, 5.41) is 21.2. The molecule has 7 nitrogen and oxygen atoms in total. The molecule has 0 bridgehead atoms. The summed E-state index contributed by atoms with van der Waals surface area (Å²) in [5.41, 5.74) is 0.136. The highest BCUT2D eigenvalue weighted by atomic mass is 16.6. The normalized spacial score (nSPS) is 11.2. The SMILES string of the molecule is CN=C(C)c1ccc([N+](=O)[O-])cc1[N+](=O)[O-]. The lowest BCUT2D eigenvalue weighted by atomic mass is 10.1. The van der Waals surface area contributed by atoms with Gasteiger partial charge in [0, 0.05) is 18.8 Å². The minimum Gasteiger partial charge on any atom is -0.293 e. The highest BCUT2D eigenvalue weighted by Crippen LogP contribution is 2.25. The first-order chi connectivity index (χ1) is 7.47. The second-order valence-corrected chi connectivity index (χ2v) is 3.02. The second-order valence-electron chi connectivity index (χ2n) is 3.02. The second kappa shape index (κ2) is 4.47. The van der Waals surface area contributed by atoms with E-state index >= 15 is 0 Å². The Morgan fingerprint density at radius 1 is 1.25 bits per heavy atom. The molecule has 0 amide bonds. The van der Waals surface area contributed by atoms with E-state index in [4.69, 9.17) is 0 Å². The molecule has 0 N–H and O–H groups in total. The van der Waals surface area contributed by atoms with Crippen molar-refractivity contribution in [2.45, 2.75) is 6.92 Å². The van der Waals surface area contributed by atoms with Crippen molar-refractivity contribution in [1.82, 2.24) is 0 Å². The van der Waals surface area contributed by atoms with Crippen LogP contribution < -0.4 is 0 Å². The van der Waals surface area contributed by atoms with Crippen LogP contribution in [0.15, 0.2) is 23.2 Å². The maximum Gasteiger partial charge on any atom is 0.285 e. The third-order valence-electron chi connectivity index (χ3n) is 2.11. The number of rotatable bonds is 3. The zero-order valence-corrected chi connectivity index (χ0v) is 8.71. The van der Waals surface area contributed by atoms with Crippen molar-refractivity contribution in [2.75, 3.05) is 7.05 Å². The molecule has 0 saturated heterocycles. The molecule has 0 aliphatic heterocycles. The van der Waals surface area contributed by atoms with Crippen molar-refractivity contribution in [3.8, 4) is 0 Å². The molecule has 0 unspecified atom stereocenters. The number of nitro benzene ring substituents is 2. The first kappa shape index (κ1) is 11.8. The lowest BCUT2D eigenvalue weighted by Gasteiger charge is -2.01. The van der Waals surface area contributed by atoms with Crippen LogP contribution in [0.25, 0.3) is 0 Å². The van der Waals surface area contributed by atoms with Gasteiger partial charge in [0.25, 0.3) is 11.4 Å². The summed E-state index contributed by atoms with van der Waals surface area (Å²) < 4.78 is 0. The van der Waals surface area contributed by atoms with Gasteiger partial charge >= 0.3 is 0 Å². The van der Waals surface area contributed by atoms with E-state index < -0.39 is 9.85 Å². The number of aliphatic imine (C=N–C) groups is 1. The van der Waals surface area contributed by atoms with Crippen LogP contribution >= 0.6 is 0 Å². The van der Waals surface area contributed by atoms with Crippen molar-refractivity contribution in [2.24, 2.45) is 4.99 Å². The Labute approximate surface area is 90.7 Å². The van der Waals surface area contributed by atoms with Gasteiger partial charge in [-0.3, -0.25) is 25.2 Å². The summed E-state index contributed by atoms with van der Waals surface area (Å²) in [5.74, 6) is 0. The van der Waals surface area contributed by atoms with E-state index in [0.717, 1.165) is 6.07 Å². The van der Waals surface area contributed by atoms with E-state index in [1.165, 1.54) is 19.2 Å². The Morgan fingerprint density at radius 3 is 2.31 bits per heavy atom. The van der Waals surface area contributed by atoms with Gasteiger partial charge in [-0.25, -0.2) is 0 Å². The predicted molar refractivity (Wildman–Crippen MR) is 57.9 cm³/mol. The van der Waals surface area contributed by atoms with E-state index in [0.29, 0.717) is 5.71 Å². The summed E-state index contributed by atoms with van der Waals surface area (Å²) in [6.45, 7) is 1.61. The average molecular weight is 223 g/mol. The summed E-state index contributed by atoms with van der Waals surface area (Å²) >= 11 is 0. The molecule has 0 aromatic heterocycles. The first-order valence-corrected chi connectivity index (χ1v) is 4.34. The Kier molecular flexibility index (Phi) is 3.29. The topological polar surface area (TPSA) is 98.6 Å². The van der Waals surface area contributed by atoms with Gasteiger partial charge in [-0.15, -0.1) is 0 Å². The molecule has 1 aromatic carbocycles. The lowest BCUT2D eigenvalue weighted by Crippen LogP contribution is -2.02. The molecule has 16 heavy (non-hydrogen) atoms. The smallest absolute Gasteiger partial charge is 0.285 e. The zero-order valence-electron chi connectivity index (χ0n) is 8.71. The van der Waals surface area contributed by atoms with Crippen LogP contribution in [0, 0.1) is 20.2 Å². The molecule has 0 saturated carbocycles. The van der Waals surface area contributed by atoms with E-state index in [9.17, 15) is 20.2 Å². The zero-order chi connectivity index (χ0) is 12.3. The van der Waals surface area contributed by atoms with Crippen molar-refractivity contribution >= 4 is 17.1 Å². The highest BCUT2D eigenvalue weighted by Gasteiger charge is 2.20. The standard InChI is InChI=1S/C9H9N3O4/c1-6(10-2)8-4-3-7(11(13)14)5-9(8)12(15)16/h3-5H,1-2H3. The molecule has 0 spiro atoms. The molecule has 0 aliphatic rings. The van der Waals surface area contributed by atoms with Gasteiger partial charge in [0.1, 0.15) is 0 Å². The molecule has 84 valence electrons. The fourth-order valence-corrected chi connectivity index (χ4v) is 1.21. The Balaban J connectivity index is 3.42. The quantitative estimate of drug-likeness (QED) is 0.444. The van der Waals surface area contributed by atoms with Gasteiger partial charge < -0.3 is 0 Å². The third-order valence-corrected chi connectivity index (χ3v) is 2.11. The molecular weight excluding hydrogens is 214 g/mol. The van der Waals surface area contributed by atoms with Crippen LogP contribution in [-0.2, 0) is 0 Å². The number of nitro groups is 2. The molecule has 1 rings (SSSR count). The van der Waals surface area contributed by atoms with E-state index in [2.05, 4.69) is 4.99 Å². The van der Waals surface area contributed by atoms with Gasteiger partial charge in [0.2, 0.25) is 0 Å². The van der Waals surface area contributed by atoms with E-state index in [1.807, 2.05) is 0 Å². The first-order valence-electron chi connectivity index (χ1n) is 4.34. The Morgan fingerprint density at radius 2 is 1.88 bits per heavy atom. The fraction of sp³-hybridized carbons (Fsp3) is 0.222. The predicted octanol–water partition coefficient (Wildman–Crippen LogP) is 1.94. The Hall–Kier alpha value is -2.31. The molecule has 0 radical (unpaired) electrons. The molecule has 0 heterocycles. The number of hydrogen-bond donors (Lipinski definition) is 0. The lowest BCUT2D eigenvalue weighted by molar-refractivity contribution is -0.394. The highest BCUT2D eigenvalue weighted by molar-refractivity contribution is 6.02. The van der Waals surface area contributed by atoms with Crippen molar-refractivity contribution in [3.63, 3.8) is 0 Å². The fourth-order valence-electron chi connectivity index (χ4n) is 1.21. The van der Waals surface area contributed by atoms with E-state index in [1.54, 1.807) is 6.92 Å². The van der Waals surface area contributed by atoms with Crippen LogP contribution in [0.5, 0.6) is 0 Å². The van der Waals surface area contributed by atoms with Crippen molar-refractivity contribution < 1.29 is 9.85 Å². The monoisotopic (exact) mass is 223 g/mol. The maximum atomic E-state index is 10.7. The summed E-state index contributed by atoms with van der Waals surface area (Å²) in [6, 6.07) is 3.49. The molecule has 0 atom stereocenters. The van der Waals surface area contributed by atoms with Crippen LogP contribution in [0.4, 0.5) is 11.4 Å². The number of non-ortho nitro benzene ring substituents is 1. The minimum atomic E-state index is -0.671. The van der Waals surface area contributed by atoms with Gasteiger partial charge in [0.15, 0.2) is 0 Å². The molecule has 1 aromatic rings. The maximum absolute atomic E-state index is 10.7. The molecule has 0 aliphatic carbocycles. The van der Waals surface area contributed by atoms with Gasteiger partial charge in [-0.2, -0.15) is 0 Å². The van der Waals surface area contributed by atoms with Crippen LogP contribution in [0.2, 0.25) is 0 Å². The minimum absolute atomic E-state index is 0.290.